The van der Waals surface area contributed by atoms with Crippen molar-refractivity contribution in [1.29, 1.82) is 0 Å². The topological polar surface area (TPSA) is 0 Å². The average Bonchev–Trinajstić information content (AvgIpc) is 2.96. The predicted octanol–water partition coefficient (Wildman–Crippen LogP) is 10.3. The Balaban J connectivity index is 1.58. The van der Waals surface area contributed by atoms with Crippen LogP contribution in [0.4, 0.5) is 0 Å². The minimum absolute atomic E-state index is 1.06. The van der Waals surface area contributed by atoms with E-state index in [4.69, 9.17) is 0 Å². The Kier molecular flexibility index (Phi) is 5.26. The highest BCUT2D eigenvalue weighted by molar-refractivity contribution is 6.15. The van der Waals surface area contributed by atoms with Crippen LogP contribution in [0.5, 0.6) is 0 Å². The Bertz CT molecular complexity index is 1800. The van der Waals surface area contributed by atoms with Gasteiger partial charge in [0.05, 0.1) is 0 Å². The molecule has 0 radical (unpaired) electrons. The Morgan fingerprint density at radius 1 is 0.486 bits per heavy atom. The first-order chi connectivity index (χ1) is 18.3. The van der Waals surface area contributed by atoms with Crippen molar-refractivity contribution in [3.05, 3.63) is 138 Å². The van der Waals surface area contributed by atoms with E-state index in [0.29, 0.717) is 0 Å². The molecule has 37 heavy (non-hydrogen) atoms. The van der Waals surface area contributed by atoms with Gasteiger partial charge in [-0.1, -0.05) is 133 Å². The molecule has 1 aliphatic carbocycles. The molecule has 0 amide bonds. The summed E-state index contributed by atoms with van der Waals surface area (Å²) in [6, 6.07) is 42.3. The van der Waals surface area contributed by atoms with E-state index in [-0.39, 0.29) is 0 Å². The van der Waals surface area contributed by atoms with Gasteiger partial charge in [0.2, 0.25) is 0 Å². The van der Waals surface area contributed by atoms with Gasteiger partial charge >= 0.3 is 0 Å². The van der Waals surface area contributed by atoms with Crippen molar-refractivity contribution in [3.8, 4) is 33.4 Å². The smallest absolute Gasteiger partial charge is 0.00235 e. The van der Waals surface area contributed by atoms with Gasteiger partial charge in [0.1, 0.15) is 0 Å². The molecule has 6 aromatic rings. The van der Waals surface area contributed by atoms with Crippen LogP contribution >= 0.6 is 0 Å². The van der Waals surface area contributed by atoms with E-state index in [9.17, 15) is 0 Å². The molecule has 0 spiro atoms. The molecule has 0 aliphatic heterocycles. The molecule has 0 saturated heterocycles. The lowest BCUT2D eigenvalue weighted by atomic mass is 9.79. The lowest BCUT2D eigenvalue weighted by Crippen LogP contribution is -2.03. The van der Waals surface area contributed by atoms with Crippen molar-refractivity contribution in [3.63, 3.8) is 0 Å². The van der Waals surface area contributed by atoms with Crippen molar-refractivity contribution >= 4 is 27.6 Å². The Morgan fingerprint density at radius 3 is 1.81 bits per heavy atom. The van der Waals surface area contributed by atoms with E-state index in [1.54, 1.807) is 0 Å². The summed E-state index contributed by atoms with van der Waals surface area (Å²) in [5.41, 5.74) is 12.0. The third-order valence-corrected chi connectivity index (χ3v) is 7.83. The standard InChI is InChI=1S/C37H28/c1-25-19-21-27(22-20-25)36-31-15-7-9-17-33(31)37(34-18-10-8-16-32(34)36)35-24-23-28(26-11-3-2-4-12-26)29-13-5-6-14-30(29)35/h2-7,9-15,17-24H,8,16H2,1H3. The summed E-state index contributed by atoms with van der Waals surface area (Å²) < 4.78 is 0. The number of rotatable bonds is 3. The van der Waals surface area contributed by atoms with Gasteiger partial charge in [-0.05, 0) is 85.8 Å². The summed E-state index contributed by atoms with van der Waals surface area (Å²) in [5.74, 6) is 0. The molecule has 1 aliphatic rings. The fraction of sp³-hybridized carbons (Fsp3) is 0.0811. The minimum atomic E-state index is 1.06. The van der Waals surface area contributed by atoms with Crippen molar-refractivity contribution in [2.24, 2.45) is 0 Å². The molecule has 176 valence electrons. The Morgan fingerprint density at radius 2 is 1.08 bits per heavy atom. The maximum absolute atomic E-state index is 2.37. The second-order valence-electron chi connectivity index (χ2n) is 10.1. The second-order valence-corrected chi connectivity index (χ2v) is 10.1. The van der Waals surface area contributed by atoms with E-state index < -0.39 is 0 Å². The molecule has 6 aromatic carbocycles. The van der Waals surface area contributed by atoms with Crippen LogP contribution in [0.15, 0.2) is 121 Å². The molecule has 7 rings (SSSR count). The zero-order valence-electron chi connectivity index (χ0n) is 21.0. The molecule has 0 aromatic heterocycles. The van der Waals surface area contributed by atoms with Gasteiger partial charge in [-0.25, -0.2) is 0 Å². The van der Waals surface area contributed by atoms with Crippen molar-refractivity contribution in [1.82, 2.24) is 0 Å². The van der Waals surface area contributed by atoms with E-state index in [1.807, 2.05) is 0 Å². The molecule has 0 atom stereocenters. The molecule has 0 heteroatoms. The zero-order chi connectivity index (χ0) is 24.8. The number of allylic oxidation sites excluding steroid dienone is 1. The van der Waals surface area contributed by atoms with Crippen LogP contribution in [0, 0.1) is 6.92 Å². The summed E-state index contributed by atoms with van der Waals surface area (Å²) in [6.07, 6.45) is 6.86. The molecule has 0 fully saturated rings. The highest BCUT2D eigenvalue weighted by Gasteiger charge is 2.22. The van der Waals surface area contributed by atoms with Gasteiger partial charge in [-0.2, -0.15) is 0 Å². The summed E-state index contributed by atoms with van der Waals surface area (Å²) >= 11 is 0. The summed E-state index contributed by atoms with van der Waals surface area (Å²) in [4.78, 5) is 0. The van der Waals surface area contributed by atoms with Crippen LogP contribution in [0.3, 0.4) is 0 Å². The fourth-order valence-electron chi connectivity index (χ4n) is 6.11. The summed E-state index contributed by atoms with van der Waals surface area (Å²) in [7, 11) is 0. The van der Waals surface area contributed by atoms with E-state index in [0.717, 1.165) is 12.8 Å². The molecular weight excluding hydrogens is 444 g/mol. The van der Waals surface area contributed by atoms with Crippen LogP contribution in [0.1, 0.15) is 23.1 Å². The number of fused-ring (bicyclic) bond motifs is 3. The highest BCUT2D eigenvalue weighted by atomic mass is 14.3. The average molecular weight is 473 g/mol. The Labute approximate surface area is 218 Å². The molecule has 0 nitrogen and oxygen atoms in total. The van der Waals surface area contributed by atoms with Gasteiger partial charge in [-0.15, -0.1) is 0 Å². The molecule has 0 unspecified atom stereocenters. The van der Waals surface area contributed by atoms with E-state index >= 15 is 0 Å². The first-order valence-corrected chi connectivity index (χ1v) is 13.2. The second kappa shape index (κ2) is 8.91. The van der Waals surface area contributed by atoms with E-state index in [2.05, 4.69) is 134 Å². The molecular formula is C37H28. The van der Waals surface area contributed by atoms with Gasteiger partial charge in [0.25, 0.3) is 0 Å². The van der Waals surface area contributed by atoms with Gasteiger partial charge in [0.15, 0.2) is 0 Å². The largest absolute Gasteiger partial charge is 0.0836 e. The van der Waals surface area contributed by atoms with Gasteiger partial charge < -0.3 is 0 Å². The van der Waals surface area contributed by atoms with Crippen molar-refractivity contribution < 1.29 is 0 Å². The Hall–Kier alpha value is -4.42. The number of aryl methyl sites for hydroxylation is 1. The summed E-state index contributed by atoms with van der Waals surface area (Å²) in [6.45, 7) is 2.16. The van der Waals surface area contributed by atoms with Crippen LogP contribution in [-0.4, -0.2) is 0 Å². The van der Waals surface area contributed by atoms with Crippen LogP contribution in [0.2, 0.25) is 0 Å². The maximum atomic E-state index is 2.37. The van der Waals surface area contributed by atoms with Crippen LogP contribution in [0.25, 0.3) is 61.0 Å². The van der Waals surface area contributed by atoms with Crippen LogP contribution in [-0.2, 0) is 6.42 Å². The number of hydrogen-bond donors (Lipinski definition) is 0. The monoisotopic (exact) mass is 472 g/mol. The summed E-state index contributed by atoms with van der Waals surface area (Å²) in [5, 5.41) is 5.26. The first kappa shape index (κ1) is 21.8. The van der Waals surface area contributed by atoms with Crippen molar-refractivity contribution in [2.45, 2.75) is 19.8 Å². The third kappa shape index (κ3) is 3.60. The van der Waals surface area contributed by atoms with E-state index in [1.165, 1.54) is 71.6 Å². The predicted molar refractivity (Wildman–Crippen MR) is 160 cm³/mol. The van der Waals surface area contributed by atoms with Crippen LogP contribution < -0.4 is 0 Å². The minimum Gasteiger partial charge on any atom is -0.0836 e. The highest BCUT2D eigenvalue weighted by Crippen LogP contribution is 2.47. The molecule has 0 bridgehead atoms. The number of benzene rings is 6. The zero-order valence-corrected chi connectivity index (χ0v) is 21.0. The quantitative estimate of drug-likeness (QED) is 0.240. The third-order valence-electron chi connectivity index (χ3n) is 7.83. The number of hydrogen-bond acceptors (Lipinski definition) is 0. The molecule has 0 saturated carbocycles. The first-order valence-electron chi connectivity index (χ1n) is 13.2. The molecule has 0 heterocycles. The molecule has 0 N–H and O–H groups in total. The lowest BCUT2D eigenvalue weighted by Gasteiger charge is -2.24. The SMILES string of the molecule is Cc1ccc(-c2c3c(c(-c4ccc(-c5ccccc5)c5ccccc45)c4ccccc24)C=CCC3)cc1. The van der Waals surface area contributed by atoms with Gasteiger partial charge in [-0.3, -0.25) is 0 Å². The van der Waals surface area contributed by atoms with Gasteiger partial charge in [0, 0.05) is 0 Å². The van der Waals surface area contributed by atoms with Crippen molar-refractivity contribution in [2.75, 3.05) is 0 Å². The maximum Gasteiger partial charge on any atom is -0.00235 e. The lowest BCUT2D eigenvalue weighted by molar-refractivity contribution is 0.991. The fourth-order valence-corrected chi connectivity index (χ4v) is 6.11. The normalized spacial score (nSPS) is 12.7.